The largest absolute Gasteiger partial charge is 0.478 e. The third kappa shape index (κ3) is 2.07. The minimum Gasteiger partial charge on any atom is -0.478 e. The van der Waals surface area contributed by atoms with Crippen LogP contribution in [0.2, 0.25) is 0 Å². The van der Waals surface area contributed by atoms with Gasteiger partial charge in [-0.05, 0) is 54.4 Å². The smallest absolute Gasteiger partial charge is 0.336 e. The fraction of sp³-hybridized carbons (Fsp3) is 0.316. The number of carboxylic acids is 1. The maximum absolute atomic E-state index is 11.8. The highest BCUT2D eigenvalue weighted by Crippen LogP contribution is 2.49. The third-order valence-electron chi connectivity index (χ3n) is 4.80. The molecule has 22 heavy (non-hydrogen) atoms. The lowest BCUT2D eigenvalue weighted by Crippen LogP contribution is -2.03. The fourth-order valence-corrected chi connectivity index (χ4v) is 5.07. The van der Waals surface area contributed by atoms with Crippen molar-refractivity contribution in [3.63, 3.8) is 0 Å². The predicted octanol–water partition coefficient (Wildman–Crippen LogP) is 4.91. The molecule has 2 nitrogen and oxygen atoms in total. The van der Waals surface area contributed by atoms with Gasteiger partial charge in [0.15, 0.2) is 0 Å². The predicted molar refractivity (Wildman–Crippen MR) is 90.0 cm³/mol. The molecule has 1 aliphatic heterocycles. The second-order valence-corrected chi connectivity index (χ2v) is 7.28. The molecule has 0 saturated heterocycles. The number of allylic oxidation sites excluding steroid dienone is 4. The molecule has 1 atom stereocenters. The number of aryl methyl sites for hydroxylation is 1. The van der Waals surface area contributed by atoms with Crippen molar-refractivity contribution in [1.82, 2.24) is 0 Å². The quantitative estimate of drug-likeness (QED) is 0.800. The molecule has 1 aromatic carbocycles. The van der Waals surface area contributed by atoms with Crippen molar-refractivity contribution in [3.05, 3.63) is 57.5 Å². The number of hydrogen-bond donors (Lipinski definition) is 1. The summed E-state index contributed by atoms with van der Waals surface area (Å²) in [4.78, 5) is 14.2. The van der Waals surface area contributed by atoms with E-state index in [1.807, 2.05) is 12.1 Å². The van der Waals surface area contributed by atoms with Crippen LogP contribution in [0.1, 0.15) is 48.8 Å². The Balaban J connectivity index is 1.98. The molecule has 0 fully saturated rings. The van der Waals surface area contributed by atoms with Crippen molar-refractivity contribution in [3.8, 4) is 0 Å². The molecule has 1 unspecified atom stereocenters. The zero-order chi connectivity index (χ0) is 15.3. The Labute approximate surface area is 134 Å². The van der Waals surface area contributed by atoms with Gasteiger partial charge < -0.3 is 5.11 Å². The third-order valence-corrected chi connectivity index (χ3v) is 6.07. The molecule has 1 heterocycles. The number of aliphatic carboxylic acids is 1. The topological polar surface area (TPSA) is 37.3 Å². The van der Waals surface area contributed by atoms with Crippen LogP contribution < -0.4 is 0 Å². The highest BCUT2D eigenvalue weighted by molar-refractivity contribution is 8.03. The first kappa shape index (κ1) is 13.9. The summed E-state index contributed by atoms with van der Waals surface area (Å²) in [5, 5.41) is 9.69. The minimum atomic E-state index is -0.833. The monoisotopic (exact) mass is 310 g/mol. The molecule has 4 rings (SSSR count). The minimum absolute atomic E-state index is 0.431. The van der Waals surface area contributed by atoms with E-state index in [-0.39, 0.29) is 0 Å². The molecule has 0 amide bonds. The molecule has 3 aliphatic rings. The van der Waals surface area contributed by atoms with Crippen LogP contribution >= 0.6 is 11.8 Å². The van der Waals surface area contributed by atoms with Gasteiger partial charge in [0.25, 0.3) is 0 Å². The van der Waals surface area contributed by atoms with E-state index in [1.165, 1.54) is 27.3 Å². The summed E-state index contributed by atoms with van der Waals surface area (Å²) in [5.41, 5.74) is 5.17. The molecular weight excluding hydrogens is 292 g/mol. The van der Waals surface area contributed by atoms with Gasteiger partial charge in [0.2, 0.25) is 0 Å². The van der Waals surface area contributed by atoms with Crippen molar-refractivity contribution in [2.75, 3.05) is 0 Å². The molecular formula is C19H18O2S. The molecule has 1 aromatic rings. The number of fused-ring (bicyclic) bond motifs is 4. The Hall–Kier alpha value is -1.74. The zero-order valence-electron chi connectivity index (χ0n) is 12.6. The lowest BCUT2D eigenvalue weighted by Gasteiger charge is -2.17. The van der Waals surface area contributed by atoms with E-state index < -0.39 is 5.97 Å². The standard InChI is InChI=1S/C19H18O2S/c1-11-6-7-12-8-9-14-15(19(20)21)10-13-4-2-3-5-16(13)22-18(14)17(11)12/h4-5,8-11H,2-3,6-7H2,1H3,(H,20,21). The first-order valence-electron chi connectivity index (χ1n) is 7.85. The van der Waals surface area contributed by atoms with Crippen molar-refractivity contribution in [2.45, 2.75) is 43.4 Å². The Morgan fingerprint density at radius 1 is 1.27 bits per heavy atom. The normalized spacial score (nSPS) is 22.6. The summed E-state index contributed by atoms with van der Waals surface area (Å²) in [6.45, 7) is 2.26. The Kier molecular flexibility index (Phi) is 3.26. The summed E-state index contributed by atoms with van der Waals surface area (Å²) in [6.07, 6.45) is 10.6. The second kappa shape index (κ2) is 5.17. The van der Waals surface area contributed by atoms with Crippen LogP contribution in [0, 0.1) is 0 Å². The first-order chi connectivity index (χ1) is 10.6. The number of carbonyl (C=O) groups is 1. The van der Waals surface area contributed by atoms with E-state index >= 15 is 0 Å². The van der Waals surface area contributed by atoms with E-state index in [1.54, 1.807) is 11.8 Å². The van der Waals surface area contributed by atoms with Crippen LogP contribution in [0.15, 0.2) is 45.7 Å². The fourth-order valence-electron chi connectivity index (χ4n) is 3.66. The average Bonchev–Trinajstić information content (AvgIpc) is 2.79. The van der Waals surface area contributed by atoms with Crippen LogP contribution in [-0.2, 0) is 11.2 Å². The Morgan fingerprint density at radius 2 is 2.09 bits per heavy atom. The molecule has 0 saturated carbocycles. The average molecular weight is 310 g/mol. The Bertz CT molecular complexity index is 768. The number of hydrogen-bond acceptors (Lipinski definition) is 2. The van der Waals surface area contributed by atoms with Gasteiger partial charge in [-0.1, -0.05) is 43.0 Å². The van der Waals surface area contributed by atoms with Crippen LogP contribution in [-0.4, -0.2) is 11.1 Å². The lowest BCUT2D eigenvalue weighted by atomic mass is 9.95. The summed E-state index contributed by atoms with van der Waals surface area (Å²) < 4.78 is 0. The Morgan fingerprint density at radius 3 is 2.91 bits per heavy atom. The number of carboxylic acid groups (broad SMARTS) is 1. The zero-order valence-corrected chi connectivity index (χ0v) is 13.4. The van der Waals surface area contributed by atoms with E-state index in [2.05, 4.69) is 25.1 Å². The van der Waals surface area contributed by atoms with Gasteiger partial charge in [-0.15, -0.1) is 0 Å². The SMILES string of the molecule is CC1CCc2ccc3c(c21)SC1=CCCC=C1C=C3C(=O)O. The van der Waals surface area contributed by atoms with Crippen molar-refractivity contribution < 1.29 is 9.90 Å². The van der Waals surface area contributed by atoms with E-state index in [0.29, 0.717) is 11.5 Å². The summed E-state index contributed by atoms with van der Waals surface area (Å²) in [7, 11) is 0. The molecule has 3 heteroatoms. The van der Waals surface area contributed by atoms with Crippen LogP contribution in [0.25, 0.3) is 5.57 Å². The molecule has 2 aliphatic carbocycles. The van der Waals surface area contributed by atoms with Crippen molar-refractivity contribution >= 4 is 23.3 Å². The van der Waals surface area contributed by atoms with Gasteiger partial charge in [-0.3, -0.25) is 0 Å². The lowest BCUT2D eigenvalue weighted by molar-refractivity contribution is -0.130. The molecule has 112 valence electrons. The van der Waals surface area contributed by atoms with Crippen LogP contribution in [0.5, 0.6) is 0 Å². The molecule has 0 bridgehead atoms. The van der Waals surface area contributed by atoms with Gasteiger partial charge >= 0.3 is 5.97 Å². The van der Waals surface area contributed by atoms with E-state index in [4.69, 9.17) is 0 Å². The molecule has 1 N–H and O–H groups in total. The first-order valence-corrected chi connectivity index (χ1v) is 8.66. The highest BCUT2D eigenvalue weighted by atomic mass is 32.2. The number of benzene rings is 1. The summed E-state index contributed by atoms with van der Waals surface area (Å²) >= 11 is 1.77. The molecule has 0 radical (unpaired) electrons. The van der Waals surface area contributed by atoms with Gasteiger partial charge in [0, 0.05) is 15.4 Å². The molecule has 0 spiro atoms. The summed E-state index contributed by atoms with van der Waals surface area (Å²) in [5.74, 6) is -0.317. The van der Waals surface area contributed by atoms with Crippen molar-refractivity contribution in [1.29, 1.82) is 0 Å². The summed E-state index contributed by atoms with van der Waals surface area (Å²) in [6, 6.07) is 4.14. The van der Waals surface area contributed by atoms with Gasteiger partial charge in [-0.25, -0.2) is 4.79 Å². The van der Waals surface area contributed by atoms with Gasteiger partial charge in [0.1, 0.15) is 0 Å². The highest BCUT2D eigenvalue weighted by Gasteiger charge is 2.30. The number of rotatable bonds is 1. The van der Waals surface area contributed by atoms with Gasteiger partial charge in [0.05, 0.1) is 5.57 Å². The van der Waals surface area contributed by atoms with E-state index in [0.717, 1.165) is 30.4 Å². The van der Waals surface area contributed by atoms with Crippen LogP contribution in [0.3, 0.4) is 0 Å². The second-order valence-electron chi connectivity index (χ2n) is 6.23. The van der Waals surface area contributed by atoms with Gasteiger partial charge in [-0.2, -0.15) is 0 Å². The van der Waals surface area contributed by atoms with Crippen LogP contribution in [0.4, 0.5) is 0 Å². The van der Waals surface area contributed by atoms with E-state index in [9.17, 15) is 9.90 Å². The number of thioether (sulfide) groups is 1. The molecule has 0 aromatic heterocycles. The maximum atomic E-state index is 11.8. The van der Waals surface area contributed by atoms with Crippen molar-refractivity contribution in [2.24, 2.45) is 0 Å². The maximum Gasteiger partial charge on any atom is 0.336 e.